The summed E-state index contributed by atoms with van der Waals surface area (Å²) in [5, 5.41) is 9.16. The average Bonchev–Trinajstić information content (AvgIpc) is 2.71. The molecule has 2 unspecified atom stereocenters. The highest BCUT2D eigenvalue weighted by molar-refractivity contribution is 4.93. The van der Waals surface area contributed by atoms with Gasteiger partial charge in [-0.1, -0.05) is 25.7 Å². The van der Waals surface area contributed by atoms with Crippen LogP contribution < -0.4 is 0 Å². The second-order valence-electron chi connectivity index (χ2n) is 6.51. The van der Waals surface area contributed by atoms with Crippen molar-refractivity contribution in [3.63, 3.8) is 0 Å². The zero-order chi connectivity index (χ0) is 13.7. The van der Waals surface area contributed by atoms with Crippen molar-refractivity contribution in [2.24, 2.45) is 0 Å². The van der Waals surface area contributed by atoms with E-state index in [1.807, 2.05) is 0 Å². The van der Waals surface area contributed by atoms with Crippen molar-refractivity contribution in [1.82, 2.24) is 9.80 Å². The molecule has 0 aromatic carbocycles. The van der Waals surface area contributed by atoms with Crippen molar-refractivity contribution in [3.8, 4) is 6.07 Å². The standard InChI is InChI=1S/C16H29N3/c1-14-10-12-18(2)13-16(9-11-17)19(14)15-7-5-3-4-6-8-15/h14-16H,3-10,12-13H2,1-2H3. The minimum absolute atomic E-state index is 0.440. The van der Waals surface area contributed by atoms with E-state index >= 15 is 0 Å². The highest BCUT2D eigenvalue weighted by Gasteiger charge is 2.33. The molecule has 0 aromatic heterocycles. The van der Waals surface area contributed by atoms with Crippen molar-refractivity contribution in [2.45, 2.75) is 76.4 Å². The molecule has 3 nitrogen and oxygen atoms in total. The largest absolute Gasteiger partial charge is 0.305 e. The monoisotopic (exact) mass is 263 g/mol. The lowest BCUT2D eigenvalue weighted by molar-refractivity contribution is 0.0809. The molecule has 0 amide bonds. The number of nitrogens with zero attached hydrogens (tertiary/aromatic N) is 3. The van der Waals surface area contributed by atoms with Crippen LogP contribution in [-0.2, 0) is 0 Å². The molecule has 1 aliphatic carbocycles. The van der Waals surface area contributed by atoms with Gasteiger partial charge in [-0.3, -0.25) is 4.90 Å². The van der Waals surface area contributed by atoms with Crippen LogP contribution in [0.3, 0.4) is 0 Å². The molecule has 0 N–H and O–H groups in total. The lowest BCUT2D eigenvalue weighted by Gasteiger charge is -2.40. The van der Waals surface area contributed by atoms with Crippen molar-refractivity contribution >= 4 is 0 Å². The van der Waals surface area contributed by atoms with Crippen LogP contribution in [0.4, 0.5) is 0 Å². The molecular weight excluding hydrogens is 234 g/mol. The van der Waals surface area contributed by atoms with Crippen LogP contribution in [0.25, 0.3) is 0 Å². The average molecular weight is 263 g/mol. The van der Waals surface area contributed by atoms with Gasteiger partial charge in [-0.25, -0.2) is 0 Å². The number of rotatable bonds is 2. The molecule has 108 valence electrons. The summed E-state index contributed by atoms with van der Waals surface area (Å²) in [5.74, 6) is 0. The molecule has 1 saturated carbocycles. The minimum Gasteiger partial charge on any atom is -0.305 e. The topological polar surface area (TPSA) is 30.3 Å². The third-order valence-corrected chi connectivity index (χ3v) is 4.95. The first-order chi connectivity index (χ1) is 9.22. The summed E-state index contributed by atoms with van der Waals surface area (Å²) in [6.45, 7) is 4.61. The van der Waals surface area contributed by atoms with Crippen LogP contribution in [0.5, 0.6) is 0 Å². The summed E-state index contributed by atoms with van der Waals surface area (Å²) in [7, 11) is 2.20. The summed E-state index contributed by atoms with van der Waals surface area (Å²) < 4.78 is 0. The second kappa shape index (κ2) is 7.26. The maximum absolute atomic E-state index is 9.16. The first-order valence-corrected chi connectivity index (χ1v) is 8.05. The fourth-order valence-corrected chi connectivity index (χ4v) is 3.95. The zero-order valence-electron chi connectivity index (χ0n) is 12.6. The fraction of sp³-hybridized carbons (Fsp3) is 0.938. The van der Waals surface area contributed by atoms with Gasteiger partial charge in [0.25, 0.3) is 0 Å². The lowest BCUT2D eigenvalue weighted by atomic mass is 10.00. The van der Waals surface area contributed by atoms with E-state index in [1.165, 1.54) is 51.5 Å². The van der Waals surface area contributed by atoms with E-state index in [2.05, 4.69) is 29.8 Å². The molecule has 0 bridgehead atoms. The number of likely N-dealkylation sites (N-methyl/N-ethyl adjacent to an activating group) is 1. The number of nitriles is 1. The van der Waals surface area contributed by atoms with Gasteiger partial charge >= 0.3 is 0 Å². The van der Waals surface area contributed by atoms with Crippen molar-refractivity contribution in [3.05, 3.63) is 0 Å². The normalized spacial score (nSPS) is 32.5. The molecule has 2 rings (SSSR count). The molecule has 19 heavy (non-hydrogen) atoms. The quantitative estimate of drug-likeness (QED) is 0.717. The third kappa shape index (κ3) is 3.94. The Bertz CT molecular complexity index is 302. The van der Waals surface area contributed by atoms with Crippen LogP contribution >= 0.6 is 0 Å². The lowest BCUT2D eigenvalue weighted by Crippen LogP contribution is -2.49. The van der Waals surface area contributed by atoms with Gasteiger partial charge in [0.1, 0.15) is 0 Å². The van der Waals surface area contributed by atoms with Crippen molar-refractivity contribution < 1.29 is 0 Å². The maximum Gasteiger partial charge on any atom is 0.0638 e. The zero-order valence-corrected chi connectivity index (χ0v) is 12.6. The van der Waals surface area contributed by atoms with Crippen molar-refractivity contribution in [2.75, 3.05) is 20.1 Å². The van der Waals surface area contributed by atoms with E-state index in [1.54, 1.807) is 0 Å². The second-order valence-corrected chi connectivity index (χ2v) is 6.51. The van der Waals surface area contributed by atoms with E-state index < -0.39 is 0 Å². The SMILES string of the molecule is CC1CCN(C)CC(CC#N)N1C1CCCCCC1. The Balaban J connectivity index is 2.12. The van der Waals surface area contributed by atoms with Gasteiger partial charge < -0.3 is 4.90 Å². The molecule has 2 atom stereocenters. The van der Waals surface area contributed by atoms with E-state index in [9.17, 15) is 0 Å². The summed E-state index contributed by atoms with van der Waals surface area (Å²) in [4.78, 5) is 5.13. The van der Waals surface area contributed by atoms with E-state index in [4.69, 9.17) is 5.26 Å². The summed E-state index contributed by atoms with van der Waals surface area (Å²) in [6, 6.07) is 4.22. The van der Waals surface area contributed by atoms with Gasteiger partial charge in [0.05, 0.1) is 12.5 Å². The maximum atomic E-state index is 9.16. The van der Waals surface area contributed by atoms with E-state index in [0.717, 1.165) is 12.6 Å². The number of hydrogen-bond acceptors (Lipinski definition) is 3. The molecule has 1 aliphatic heterocycles. The Labute approximate surface area is 118 Å². The fourth-order valence-electron chi connectivity index (χ4n) is 3.95. The first kappa shape index (κ1) is 14.8. The highest BCUT2D eigenvalue weighted by atomic mass is 15.3. The van der Waals surface area contributed by atoms with Crippen LogP contribution in [0.15, 0.2) is 0 Å². The van der Waals surface area contributed by atoms with Gasteiger partial charge in [0, 0.05) is 24.7 Å². The minimum atomic E-state index is 0.440. The van der Waals surface area contributed by atoms with Gasteiger partial charge in [0.15, 0.2) is 0 Å². The van der Waals surface area contributed by atoms with Crippen LogP contribution in [0.1, 0.15) is 58.3 Å². The Kier molecular flexibility index (Phi) is 5.66. The van der Waals surface area contributed by atoms with Crippen molar-refractivity contribution in [1.29, 1.82) is 5.26 Å². The molecule has 2 aliphatic rings. The Morgan fingerprint density at radius 2 is 1.79 bits per heavy atom. The smallest absolute Gasteiger partial charge is 0.0638 e. The molecular formula is C16H29N3. The third-order valence-electron chi connectivity index (χ3n) is 4.95. The molecule has 0 aromatic rings. The van der Waals surface area contributed by atoms with Gasteiger partial charge in [-0.2, -0.15) is 5.26 Å². The molecule has 0 spiro atoms. The van der Waals surface area contributed by atoms with E-state index in [0.29, 0.717) is 18.5 Å². The molecule has 3 heteroatoms. The van der Waals surface area contributed by atoms with Crippen LogP contribution in [-0.4, -0.2) is 48.1 Å². The summed E-state index contributed by atoms with van der Waals surface area (Å²) in [6.07, 6.45) is 10.2. The molecule has 1 saturated heterocycles. The van der Waals surface area contributed by atoms with Gasteiger partial charge in [-0.05, 0) is 39.8 Å². The Morgan fingerprint density at radius 1 is 1.11 bits per heavy atom. The Morgan fingerprint density at radius 3 is 2.42 bits per heavy atom. The predicted octanol–water partition coefficient (Wildman–Crippen LogP) is 3.02. The molecule has 1 heterocycles. The van der Waals surface area contributed by atoms with Crippen LogP contribution in [0, 0.1) is 11.3 Å². The summed E-state index contributed by atoms with van der Waals surface area (Å²) in [5.41, 5.74) is 0. The molecule has 2 fully saturated rings. The number of hydrogen-bond donors (Lipinski definition) is 0. The molecule has 0 radical (unpaired) electrons. The van der Waals surface area contributed by atoms with Gasteiger partial charge in [-0.15, -0.1) is 0 Å². The Hall–Kier alpha value is -0.590. The first-order valence-electron chi connectivity index (χ1n) is 8.05. The van der Waals surface area contributed by atoms with Gasteiger partial charge in [0.2, 0.25) is 0 Å². The highest BCUT2D eigenvalue weighted by Crippen LogP contribution is 2.28. The predicted molar refractivity (Wildman–Crippen MR) is 78.9 cm³/mol. The summed E-state index contributed by atoms with van der Waals surface area (Å²) >= 11 is 0. The van der Waals surface area contributed by atoms with E-state index in [-0.39, 0.29) is 0 Å². The van der Waals surface area contributed by atoms with Crippen LogP contribution in [0.2, 0.25) is 0 Å².